The Bertz CT molecular complexity index is 1020. The number of hydrogen-bond acceptors (Lipinski definition) is 2. The van der Waals surface area contributed by atoms with Crippen molar-refractivity contribution in [2.75, 3.05) is 10.8 Å². The van der Waals surface area contributed by atoms with Crippen LogP contribution in [0, 0.1) is 11.6 Å². The van der Waals surface area contributed by atoms with Crippen LogP contribution in [0.2, 0.25) is 0 Å². The maximum absolute atomic E-state index is 14.6. The zero-order chi connectivity index (χ0) is 18.1. The maximum Gasteiger partial charge on any atom is 0.334 e. The smallest absolute Gasteiger partial charge is 0.290 e. The summed E-state index contributed by atoms with van der Waals surface area (Å²) in [5.74, 6) is -1.03. The molecular weight excluding hydrogens is 354 g/mol. The van der Waals surface area contributed by atoms with Crippen LogP contribution in [0.3, 0.4) is 0 Å². The van der Waals surface area contributed by atoms with Crippen molar-refractivity contribution in [2.45, 2.75) is 0 Å². The molecule has 0 spiro atoms. The molecular formula is C20H14F2N2OS. The first-order chi connectivity index (χ1) is 12.6. The van der Waals surface area contributed by atoms with Gasteiger partial charge >= 0.3 is 6.03 Å². The number of anilines is 2. The van der Waals surface area contributed by atoms with Crippen LogP contribution in [-0.4, -0.2) is 16.8 Å². The number of amides is 2. The normalized spacial score (nSPS) is 13.4. The van der Waals surface area contributed by atoms with Crippen molar-refractivity contribution in [1.29, 1.82) is 0 Å². The molecule has 0 fully saturated rings. The topological polar surface area (TPSA) is 23.6 Å². The highest BCUT2D eigenvalue weighted by Gasteiger charge is 2.27. The van der Waals surface area contributed by atoms with Crippen molar-refractivity contribution in [2.24, 2.45) is 0 Å². The zero-order valence-corrected chi connectivity index (χ0v) is 14.4. The Hall–Kier alpha value is -2.86. The lowest BCUT2D eigenvalue weighted by atomic mass is 10.1. The van der Waals surface area contributed by atoms with Gasteiger partial charge in [-0.15, -0.1) is 11.8 Å². The number of hydrogen-bond donors (Lipinski definition) is 0. The Labute approximate surface area is 153 Å². The van der Waals surface area contributed by atoms with E-state index in [9.17, 15) is 13.6 Å². The van der Waals surface area contributed by atoms with Gasteiger partial charge in [0.15, 0.2) is 0 Å². The number of carbonyl (C=O) groups is 1. The fraction of sp³-hybridized carbons (Fsp3) is 0.0500. The summed E-state index contributed by atoms with van der Waals surface area (Å²) in [7, 11) is 0. The summed E-state index contributed by atoms with van der Waals surface area (Å²) in [6.45, 7) is 0. The number of nitrogens with zero attached hydrogens (tertiary/aromatic N) is 2. The summed E-state index contributed by atoms with van der Waals surface area (Å²) in [6, 6.07) is 15.9. The van der Waals surface area contributed by atoms with Crippen LogP contribution in [0.4, 0.5) is 25.0 Å². The third-order valence-electron chi connectivity index (χ3n) is 4.15. The monoisotopic (exact) mass is 368 g/mol. The Morgan fingerprint density at radius 1 is 1.00 bits per heavy atom. The van der Waals surface area contributed by atoms with Gasteiger partial charge in [-0.2, -0.15) is 0 Å². The minimum atomic E-state index is -0.790. The second-order valence-corrected chi connectivity index (χ2v) is 6.63. The molecule has 4 rings (SSSR count). The molecule has 6 heteroatoms. The summed E-state index contributed by atoms with van der Waals surface area (Å²) in [5, 5.41) is 3.54. The van der Waals surface area contributed by atoms with Gasteiger partial charge in [0, 0.05) is 17.7 Å². The second kappa shape index (κ2) is 6.80. The lowest BCUT2D eigenvalue weighted by Gasteiger charge is -2.28. The molecule has 0 saturated carbocycles. The van der Waals surface area contributed by atoms with Crippen molar-refractivity contribution in [3.63, 3.8) is 0 Å². The molecule has 0 N–H and O–H groups in total. The predicted octanol–water partition coefficient (Wildman–Crippen LogP) is 5.85. The average molecular weight is 368 g/mol. The molecule has 0 bridgehead atoms. The fourth-order valence-corrected chi connectivity index (χ4v) is 3.61. The van der Waals surface area contributed by atoms with E-state index in [0.29, 0.717) is 11.6 Å². The number of rotatable bonds is 2. The number of thioether (sulfide) groups is 1. The molecule has 1 aliphatic rings. The molecule has 0 radical (unpaired) electrons. The second-order valence-electron chi connectivity index (χ2n) is 5.76. The summed E-state index contributed by atoms with van der Waals surface area (Å²) in [5.41, 5.74) is 0.557. The van der Waals surface area contributed by atoms with Crippen molar-refractivity contribution >= 4 is 39.9 Å². The number of urea groups is 1. The van der Waals surface area contributed by atoms with Gasteiger partial charge in [0.1, 0.15) is 11.6 Å². The number of carbonyl (C=O) groups excluding carboxylic acids is 1. The summed E-state index contributed by atoms with van der Waals surface area (Å²) < 4.78 is 28.0. The minimum Gasteiger partial charge on any atom is -0.290 e. The van der Waals surface area contributed by atoms with Crippen LogP contribution in [0.25, 0.3) is 10.8 Å². The van der Waals surface area contributed by atoms with Crippen LogP contribution >= 0.6 is 11.8 Å². The summed E-state index contributed by atoms with van der Waals surface area (Å²) >= 11 is 1.47. The molecule has 26 heavy (non-hydrogen) atoms. The SMILES string of the molecule is O=C(N1C=CSC1)N(c1ccc(F)cc1F)c1cccc2ccccc12. The van der Waals surface area contributed by atoms with Gasteiger partial charge < -0.3 is 0 Å². The van der Waals surface area contributed by atoms with E-state index in [0.717, 1.165) is 22.9 Å². The fourth-order valence-electron chi connectivity index (χ4n) is 2.93. The van der Waals surface area contributed by atoms with E-state index in [1.165, 1.54) is 27.6 Å². The molecule has 0 aromatic heterocycles. The standard InChI is InChI=1S/C20H14F2N2OS/c21-15-8-9-19(17(22)12-15)24(20(25)23-10-11-26-13-23)18-7-3-5-14-4-1-2-6-16(14)18/h1-12H,13H2. The number of fused-ring (bicyclic) bond motifs is 1. The first-order valence-electron chi connectivity index (χ1n) is 7.97. The molecule has 1 aliphatic heterocycles. The predicted molar refractivity (Wildman–Crippen MR) is 101 cm³/mol. The van der Waals surface area contributed by atoms with Gasteiger partial charge in [-0.25, -0.2) is 13.6 Å². The van der Waals surface area contributed by atoms with Crippen molar-refractivity contribution in [3.8, 4) is 0 Å². The van der Waals surface area contributed by atoms with Gasteiger partial charge in [0.25, 0.3) is 0 Å². The molecule has 0 aliphatic carbocycles. The molecule has 3 nitrogen and oxygen atoms in total. The summed E-state index contributed by atoms with van der Waals surface area (Å²) in [4.78, 5) is 15.9. The zero-order valence-electron chi connectivity index (χ0n) is 13.6. The minimum absolute atomic E-state index is 0.0121. The van der Waals surface area contributed by atoms with Crippen LogP contribution in [0.15, 0.2) is 72.3 Å². The van der Waals surface area contributed by atoms with E-state index in [2.05, 4.69) is 0 Å². The van der Waals surface area contributed by atoms with E-state index in [1.807, 2.05) is 36.4 Å². The van der Waals surface area contributed by atoms with Crippen LogP contribution in [-0.2, 0) is 0 Å². The highest BCUT2D eigenvalue weighted by Crippen LogP contribution is 2.35. The third-order valence-corrected chi connectivity index (χ3v) is 4.89. The van der Waals surface area contributed by atoms with Gasteiger partial charge in [-0.05, 0) is 29.0 Å². The van der Waals surface area contributed by atoms with Gasteiger partial charge in [-0.1, -0.05) is 36.4 Å². The number of benzene rings is 3. The van der Waals surface area contributed by atoms with Gasteiger partial charge in [-0.3, -0.25) is 9.80 Å². The Balaban J connectivity index is 1.92. The van der Waals surface area contributed by atoms with E-state index in [1.54, 1.807) is 17.7 Å². The molecule has 0 unspecified atom stereocenters. The first kappa shape index (κ1) is 16.6. The van der Waals surface area contributed by atoms with E-state index >= 15 is 0 Å². The van der Waals surface area contributed by atoms with Crippen molar-refractivity contribution < 1.29 is 13.6 Å². The Kier molecular flexibility index (Phi) is 4.34. The highest BCUT2D eigenvalue weighted by atomic mass is 32.2. The molecule has 2 amide bonds. The van der Waals surface area contributed by atoms with Crippen LogP contribution in [0.1, 0.15) is 0 Å². The highest BCUT2D eigenvalue weighted by molar-refractivity contribution is 8.02. The average Bonchev–Trinajstić information content (AvgIpc) is 3.18. The largest absolute Gasteiger partial charge is 0.334 e. The molecule has 0 atom stereocenters. The summed E-state index contributed by atoms with van der Waals surface area (Å²) in [6.07, 6.45) is 1.66. The van der Waals surface area contributed by atoms with Gasteiger partial charge in [0.05, 0.1) is 17.3 Å². The van der Waals surface area contributed by atoms with Crippen LogP contribution in [0.5, 0.6) is 0 Å². The third kappa shape index (κ3) is 2.93. The number of halogens is 2. The van der Waals surface area contributed by atoms with E-state index in [4.69, 9.17) is 0 Å². The maximum atomic E-state index is 14.6. The quantitative estimate of drug-likeness (QED) is 0.566. The molecule has 130 valence electrons. The Morgan fingerprint density at radius 3 is 2.58 bits per heavy atom. The first-order valence-corrected chi connectivity index (χ1v) is 9.02. The van der Waals surface area contributed by atoms with Crippen LogP contribution < -0.4 is 4.90 Å². The van der Waals surface area contributed by atoms with Gasteiger partial charge in [0.2, 0.25) is 0 Å². The van der Waals surface area contributed by atoms with Crippen molar-refractivity contribution in [1.82, 2.24) is 4.90 Å². The lowest BCUT2D eigenvalue weighted by Crippen LogP contribution is -2.37. The van der Waals surface area contributed by atoms with Crippen molar-refractivity contribution in [3.05, 3.63) is 83.9 Å². The molecule has 0 saturated heterocycles. The van der Waals surface area contributed by atoms with E-state index < -0.39 is 17.7 Å². The van der Waals surface area contributed by atoms with E-state index in [-0.39, 0.29) is 5.69 Å². The molecule has 3 aromatic carbocycles. The molecule has 3 aromatic rings. The lowest BCUT2D eigenvalue weighted by molar-refractivity contribution is 0.230. The Morgan fingerprint density at radius 2 is 1.81 bits per heavy atom. The molecule has 1 heterocycles.